The average Bonchev–Trinajstić information content (AvgIpc) is 2.59. The van der Waals surface area contributed by atoms with Gasteiger partial charge in [-0.05, 0) is 33.5 Å². The Hall–Kier alpha value is -1.50. The van der Waals surface area contributed by atoms with Crippen molar-refractivity contribution in [2.75, 3.05) is 46.0 Å². The van der Waals surface area contributed by atoms with Crippen LogP contribution in [0.25, 0.3) is 0 Å². The van der Waals surface area contributed by atoms with Crippen LogP contribution < -0.4 is 15.8 Å². The lowest BCUT2D eigenvalue weighted by molar-refractivity contribution is 0.0202. The van der Waals surface area contributed by atoms with E-state index in [0.29, 0.717) is 33.9 Å². The number of fused-ring (bicyclic) bond motifs is 2. The van der Waals surface area contributed by atoms with Crippen molar-refractivity contribution in [1.29, 1.82) is 0 Å². The Balaban J connectivity index is 1.81. The first-order valence-electron chi connectivity index (χ1n) is 10.2. The molecule has 1 unspecified atom stereocenters. The monoisotopic (exact) mass is 408 g/mol. The molecule has 1 aromatic carbocycles. The SMILES string of the molecule is CCCC(C)Oc1cc(N)c(Cl)cc1C(=O)NC1C2CN(C)CC1CN(C)C2. The Morgan fingerprint density at radius 2 is 1.82 bits per heavy atom. The van der Waals surface area contributed by atoms with E-state index in [1.54, 1.807) is 12.1 Å². The molecule has 2 bridgehead atoms. The molecule has 0 aliphatic carbocycles. The molecule has 2 saturated heterocycles. The summed E-state index contributed by atoms with van der Waals surface area (Å²) in [6.45, 7) is 8.08. The molecule has 1 amide bonds. The molecule has 0 saturated carbocycles. The predicted molar refractivity (Wildman–Crippen MR) is 114 cm³/mol. The third-order valence-corrected chi connectivity index (χ3v) is 6.19. The third-order valence-electron chi connectivity index (χ3n) is 5.87. The number of benzene rings is 1. The van der Waals surface area contributed by atoms with Gasteiger partial charge in [0.1, 0.15) is 5.75 Å². The zero-order chi connectivity index (χ0) is 20.4. The van der Waals surface area contributed by atoms with Crippen LogP contribution in [0.15, 0.2) is 12.1 Å². The fourth-order valence-electron chi connectivity index (χ4n) is 4.70. The number of nitrogen functional groups attached to an aromatic ring is 1. The number of nitrogens with one attached hydrogen (secondary N) is 1. The van der Waals surface area contributed by atoms with Crippen LogP contribution in [0.2, 0.25) is 5.02 Å². The van der Waals surface area contributed by atoms with Crippen LogP contribution in [0.5, 0.6) is 5.75 Å². The lowest BCUT2D eigenvalue weighted by atomic mass is 9.79. The normalized spacial score (nSPS) is 26.7. The Morgan fingerprint density at radius 3 is 2.36 bits per heavy atom. The van der Waals surface area contributed by atoms with Gasteiger partial charge >= 0.3 is 0 Å². The summed E-state index contributed by atoms with van der Waals surface area (Å²) in [5.74, 6) is 1.21. The molecule has 2 fully saturated rings. The number of carbonyl (C=O) groups excluding carboxylic acids is 1. The van der Waals surface area contributed by atoms with Crippen LogP contribution in [0.3, 0.4) is 0 Å². The summed E-state index contributed by atoms with van der Waals surface area (Å²) in [5.41, 5.74) is 6.87. The minimum Gasteiger partial charge on any atom is -0.490 e. The van der Waals surface area contributed by atoms with Gasteiger partial charge in [0.15, 0.2) is 0 Å². The van der Waals surface area contributed by atoms with Gasteiger partial charge in [0.25, 0.3) is 5.91 Å². The molecule has 1 atom stereocenters. The van der Waals surface area contributed by atoms with E-state index in [2.05, 4.69) is 36.1 Å². The van der Waals surface area contributed by atoms with Crippen molar-refractivity contribution >= 4 is 23.2 Å². The van der Waals surface area contributed by atoms with Crippen LogP contribution in [0.4, 0.5) is 5.69 Å². The minimum absolute atomic E-state index is 0.00786. The molecule has 2 heterocycles. The first-order chi connectivity index (χ1) is 13.3. The van der Waals surface area contributed by atoms with Gasteiger partial charge in [-0.15, -0.1) is 0 Å². The molecule has 6 nitrogen and oxygen atoms in total. The number of hydrogen-bond acceptors (Lipinski definition) is 5. The summed E-state index contributed by atoms with van der Waals surface area (Å²) < 4.78 is 6.04. The second-order valence-corrected chi connectivity index (χ2v) is 8.96. The minimum atomic E-state index is -0.130. The summed E-state index contributed by atoms with van der Waals surface area (Å²) in [7, 11) is 4.31. The summed E-state index contributed by atoms with van der Waals surface area (Å²) in [5, 5.41) is 3.68. The maximum atomic E-state index is 13.2. The molecule has 156 valence electrons. The molecule has 7 heteroatoms. The van der Waals surface area contributed by atoms with E-state index in [1.165, 1.54) is 0 Å². The van der Waals surface area contributed by atoms with E-state index in [4.69, 9.17) is 22.1 Å². The lowest BCUT2D eigenvalue weighted by Gasteiger charge is -2.49. The van der Waals surface area contributed by atoms with E-state index in [9.17, 15) is 4.79 Å². The molecule has 2 aliphatic heterocycles. The number of piperidine rings is 2. The highest BCUT2D eigenvalue weighted by Crippen LogP contribution is 2.32. The van der Waals surface area contributed by atoms with E-state index in [1.807, 2.05) is 6.92 Å². The highest BCUT2D eigenvalue weighted by Gasteiger charge is 2.41. The number of nitrogens with two attached hydrogens (primary N) is 1. The van der Waals surface area contributed by atoms with Crippen LogP contribution in [-0.4, -0.2) is 68.1 Å². The van der Waals surface area contributed by atoms with Crippen molar-refractivity contribution in [3.05, 3.63) is 22.7 Å². The first kappa shape index (κ1) is 21.2. The summed E-state index contributed by atoms with van der Waals surface area (Å²) >= 11 is 6.23. The Labute approximate surface area is 173 Å². The number of rotatable bonds is 6. The summed E-state index contributed by atoms with van der Waals surface area (Å²) in [4.78, 5) is 17.9. The Kier molecular flexibility index (Phi) is 6.73. The van der Waals surface area contributed by atoms with Crippen molar-refractivity contribution in [1.82, 2.24) is 15.1 Å². The van der Waals surface area contributed by atoms with Gasteiger partial charge in [-0.3, -0.25) is 4.79 Å². The molecule has 0 radical (unpaired) electrons. The van der Waals surface area contributed by atoms with Crippen LogP contribution in [-0.2, 0) is 0 Å². The smallest absolute Gasteiger partial charge is 0.255 e. The Morgan fingerprint density at radius 1 is 1.25 bits per heavy atom. The topological polar surface area (TPSA) is 70.8 Å². The van der Waals surface area contributed by atoms with Crippen LogP contribution >= 0.6 is 11.6 Å². The van der Waals surface area contributed by atoms with Crippen molar-refractivity contribution in [3.63, 3.8) is 0 Å². The summed E-state index contributed by atoms with van der Waals surface area (Å²) in [6, 6.07) is 3.47. The molecular formula is C21H33ClN4O2. The quantitative estimate of drug-likeness (QED) is 0.708. The maximum Gasteiger partial charge on any atom is 0.255 e. The van der Waals surface area contributed by atoms with Gasteiger partial charge in [0.2, 0.25) is 0 Å². The molecule has 3 rings (SSSR count). The molecule has 2 aliphatic rings. The highest BCUT2D eigenvalue weighted by atomic mass is 35.5. The average molecular weight is 409 g/mol. The van der Waals surface area contributed by atoms with Crippen LogP contribution in [0, 0.1) is 11.8 Å². The molecule has 3 N–H and O–H groups in total. The molecule has 1 aromatic rings. The molecule has 0 aromatic heterocycles. The van der Waals surface area contributed by atoms with Gasteiger partial charge in [0.05, 0.1) is 22.4 Å². The second kappa shape index (κ2) is 8.89. The summed E-state index contributed by atoms with van der Waals surface area (Å²) in [6.07, 6.45) is 1.93. The van der Waals surface area contributed by atoms with Crippen molar-refractivity contribution in [2.24, 2.45) is 11.8 Å². The predicted octanol–water partition coefficient (Wildman–Crippen LogP) is 2.71. The van der Waals surface area contributed by atoms with E-state index >= 15 is 0 Å². The van der Waals surface area contributed by atoms with Gasteiger partial charge in [-0.2, -0.15) is 0 Å². The fraction of sp³-hybridized carbons (Fsp3) is 0.667. The molecular weight excluding hydrogens is 376 g/mol. The number of anilines is 1. The number of carbonyl (C=O) groups is 1. The van der Waals surface area contributed by atoms with Crippen molar-refractivity contribution in [2.45, 2.75) is 38.8 Å². The molecule has 28 heavy (non-hydrogen) atoms. The molecule has 0 spiro atoms. The van der Waals surface area contributed by atoms with Gasteiger partial charge < -0.3 is 25.6 Å². The third kappa shape index (κ3) is 4.73. The second-order valence-electron chi connectivity index (χ2n) is 8.55. The standard InChI is InChI=1S/C21H33ClN4O2/c1-5-6-13(2)28-19-8-18(23)17(22)7-16(19)21(27)24-20-14-9-25(3)10-15(20)12-26(4)11-14/h7-8,13-15,20H,5-6,9-12,23H2,1-4H3,(H,24,27). The van der Waals surface area contributed by atoms with Crippen molar-refractivity contribution in [3.8, 4) is 5.75 Å². The number of halogens is 1. The number of hydrogen-bond donors (Lipinski definition) is 2. The number of likely N-dealkylation sites (tertiary alicyclic amines) is 2. The number of nitrogens with zero attached hydrogens (tertiary/aromatic N) is 2. The van der Waals surface area contributed by atoms with Crippen molar-refractivity contribution < 1.29 is 9.53 Å². The largest absolute Gasteiger partial charge is 0.490 e. The van der Waals surface area contributed by atoms with E-state index in [0.717, 1.165) is 39.0 Å². The number of ether oxygens (including phenoxy) is 1. The first-order valence-corrected chi connectivity index (χ1v) is 10.6. The zero-order valence-electron chi connectivity index (χ0n) is 17.4. The van der Waals surface area contributed by atoms with E-state index in [-0.39, 0.29) is 18.1 Å². The van der Waals surface area contributed by atoms with Gasteiger partial charge in [0, 0.05) is 50.1 Å². The zero-order valence-corrected chi connectivity index (χ0v) is 18.1. The number of amides is 1. The van der Waals surface area contributed by atoms with Gasteiger partial charge in [-0.1, -0.05) is 24.9 Å². The Bertz CT molecular complexity index is 684. The van der Waals surface area contributed by atoms with Crippen LogP contribution in [0.1, 0.15) is 37.0 Å². The fourth-order valence-corrected chi connectivity index (χ4v) is 4.86. The highest BCUT2D eigenvalue weighted by molar-refractivity contribution is 6.33. The lowest BCUT2D eigenvalue weighted by Crippen LogP contribution is -2.63. The van der Waals surface area contributed by atoms with E-state index < -0.39 is 0 Å². The van der Waals surface area contributed by atoms with Gasteiger partial charge in [-0.25, -0.2) is 0 Å². The maximum absolute atomic E-state index is 13.2.